The van der Waals surface area contributed by atoms with Crippen LogP contribution in [0.25, 0.3) is 11.3 Å². The van der Waals surface area contributed by atoms with Crippen LogP contribution in [0.3, 0.4) is 0 Å². The number of benzene rings is 2. The van der Waals surface area contributed by atoms with E-state index >= 15 is 0 Å². The van der Waals surface area contributed by atoms with Crippen molar-refractivity contribution in [2.24, 2.45) is 0 Å². The Morgan fingerprint density at radius 1 is 1.00 bits per heavy atom. The molecule has 0 aliphatic heterocycles. The van der Waals surface area contributed by atoms with Crippen molar-refractivity contribution >= 4 is 39.2 Å². The van der Waals surface area contributed by atoms with Crippen molar-refractivity contribution in [3.63, 3.8) is 0 Å². The Kier molecular flexibility index (Phi) is 6.98. The van der Waals surface area contributed by atoms with Crippen LogP contribution >= 0.6 is 23.2 Å². The van der Waals surface area contributed by atoms with Crippen molar-refractivity contribution in [1.29, 1.82) is 0 Å². The maximum Gasteiger partial charge on any atom is 0.242 e. The number of aryl methyl sites for hydroxylation is 2. The number of anilines is 1. The summed E-state index contributed by atoms with van der Waals surface area (Å²) in [5.74, 6) is 0.178. The number of halogens is 2. The van der Waals surface area contributed by atoms with E-state index in [1.54, 1.807) is 18.2 Å². The Labute approximate surface area is 186 Å². The van der Waals surface area contributed by atoms with Crippen LogP contribution in [0.4, 0.5) is 5.95 Å². The summed E-state index contributed by atoms with van der Waals surface area (Å²) in [6.07, 6.45) is 2.29. The molecular weight excluding hydrogens is 443 g/mol. The number of aromatic nitrogens is 2. The number of nitrogen functional groups attached to an aromatic ring is 1. The molecule has 2 N–H and O–H groups in total. The van der Waals surface area contributed by atoms with Crippen molar-refractivity contribution < 1.29 is 8.42 Å². The minimum absolute atomic E-state index is 0.178. The van der Waals surface area contributed by atoms with Gasteiger partial charge in [0.1, 0.15) is 0 Å². The van der Waals surface area contributed by atoms with Crippen LogP contribution in [0.1, 0.15) is 17.7 Å². The average Bonchev–Trinajstić information content (AvgIpc) is 2.70. The van der Waals surface area contributed by atoms with E-state index in [0.29, 0.717) is 27.7 Å². The molecule has 0 spiro atoms. The van der Waals surface area contributed by atoms with Crippen LogP contribution in [-0.2, 0) is 22.9 Å². The first kappa shape index (κ1) is 22.5. The van der Waals surface area contributed by atoms with E-state index in [0.717, 1.165) is 24.1 Å². The van der Waals surface area contributed by atoms with E-state index in [-0.39, 0.29) is 10.8 Å². The summed E-state index contributed by atoms with van der Waals surface area (Å²) < 4.78 is 25.5. The van der Waals surface area contributed by atoms with Crippen molar-refractivity contribution in [3.05, 3.63) is 69.8 Å². The predicted octanol–water partition coefficient (Wildman–Crippen LogP) is 4.46. The van der Waals surface area contributed by atoms with Crippen LogP contribution in [0.15, 0.2) is 53.4 Å². The molecule has 0 fully saturated rings. The molecule has 0 amide bonds. The van der Waals surface area contributed by atoms with Crippen molar-refractivity contribution in [2.45, 2.75) is 24.2 Å². The second kappa shape index (κ2) is 9.31. The topological polar surface area (TPSA) is 89.2 Å². The minimum atomic E-state index is -3.42. The predicted molar refractivity (Wildman–Crippen MR) is 121 cm³/mol. The number of nitrogens with zero attached hydrogens (tertiary/aromatic N) is 3. The molecule has 0 aliphatic rings. The number of hydrogen-bond donors (Lipinski definition) is 1. The molecule has 0 atom stereocenters. The summed E-state index contributed by atoms with van der Waals surface area (Å²) in [5, 5.41) is 0.878. The Hall–Kier alpha value is -2.19. The van der Waals surface area contributed by atoms with Gasteiger partial charge in [-0.15, -0.1) is 0 Å². The van der Waals surface area contributed by atoms with Gasteiger partial charge >= 0.3 is 0 Å². The van der Waals surface area contributed by atoms with E-state index in [9.17, 15) is 8.42 Å². The number of hydrogen-bond acceptors (Lipinski definition) is 5. The number of nitrogens with two attached hydrogens (primary N) is 1. The number of rotatable bonds is 7. The normalized spacial score (nSPS) is 11.8. The summed E-state index contributed by atoms with van der Waals surface area (Å²) in [5.41, 5.74) is 9.08. The van der Waals surface area contributed by atoms with Crippen LogP contribution < -0.4 is 5.73 Å². The fourth-order valence-electron chi connectivity index (χ4n) is 3.00. The van der Waals surface area contributed by atoms with Gasteiger partial charge in [0.05, 0.1) is 20.6 Å². The fraction of sp³-hybridized carbons (Fsp3) is 0.238. The third kappa shape index (κ3) is 5.10. The summed E-state index contributed by atoms with van der Waals surface area (Å²) >= 11 is 12.4. The molecule has 0 unspecified atom stereocenters. The first-order valence-electron chi connectivity index (χ1n) is 9.28. The molecule has 3 aromatic rings. The van der Waals surface area contributed by atoms with Crippen molar-refractivity contribution in [1.82, 2.24) is 14.3 Å². The smallest absolute Gasteiger partial charge is 0.242 e. The van der Waals surface area contributed by atoms with E-state index in [2.05, 4.69) is 9.97 Å². The zero-order valence-electron chi connectivity index (χ0n) is 16.6. The summed E-state index contributed by atoms with van der Waals surface area (Å²) in [6, 6.07) is 14.2. The Morgan fingerprint density at radius 2 is 1.70 bits per heavy atom. The Morgan fingerprint density at radius 3 is 2.37 bits per heavy atom. The highest BCUT2D eigenvalue weighted by atomic mass is 35.5. The van der Waals surface area contributed by atoms with Crippen molar-refractivity contribution in [2.75, 3.05) is 19.8 Å². The quantitative estimate of drug-likeness (QED) is 0.557. The first-order chi connectivity index (χ1) is 14.2. The summed E-state index contributed by atoms with van der Waals surface area (Å²) in [6.45, 7) is 0. The van der Waals surface area contributed by atoms with Gasteiger partial charge in [-0.05, 0) is 49.1 Å². The molecule has 3 rings (SSSR count). The molecule has 0 saturated heterocycles. The number of sulfonamides is 1. The van der Waals surface area contributed by atoms with Gasteiger partial charge in [-0.25, -0.2) is 22.7 Å². The standard InChI is InChI=1S/C21H22Cl2N4O2S/c1-27(2)30(28,29)16-11-9-14(10-12-16)5-3-6-15-13-19(26-21(24)25-15)17-7-4-8-18(22)20(17)23/h4,7-13H,3,5-6H2,1-2H3,(H2,24,25,26). The van der Waals surface area contributed by atoms with Crippen LogP contribution in [0, 0.1) is 0 Å². The second-order valence-electron chi connectivity index (χ2n) is 6.99. The molecule has 1 aromatic heterocycles. The van der Waals surface area contributed by atoms with Gasteiger partial charge < -0.3 is 5.73 Å². The third-order valence-corrected chi connectivity index (χ3v) is 7.27. The molecule has 9 heteroatoms. The third-order valence-electron chi connectivity index (χ3n) is 4.62. The monoisotopic (exact) mass is 464 g/mol. The van der Waals surface area contributed by atoms with Crippen LogP contribution in [-0.4, -0.2) is 36.8 Å². The molecule has 0 bridgehead atoms. The molecule has 0 aliphatic carbocycles. The molecule has 0 saturated carbocycles. The summed E-state index contributed by atoms with van der Waals surface area (Å²) in [7, 11) is -0.387. The maximum atomic E-state index is 12.2. The molecule has 6 nitrogen and oxygen atoms in total. The van der Waals surface area contributed by atoms with Crippen LogP contribution in [0.2, 0.25) is 10.0 Å². The highest BCUT2D eigenvalue weighted by Gasteiger charge is 2.16. The first-order valence-corrected chi connectivity index (χ1v) is 11.5. The van der Waals surface area contributed by atoms with Gasteiger partial charge in [0.25, 0.3) is 0 Å². The lowest BCUT2D eigenvalue weighted by atomic mass is 10.1. The van der Waals surface area contributed by atoms with Gasteiger partial charge in [-0.1, -0.05) is 47.5 Å². The molecular formula is C21H22Cl2N4O2S. The van der Waals surface area contributed by atoms with Gasteiger partial charge in [-0.2, -0.15) is 0 Å². The molecule has 1 heterocycles. The lowest BCUT2D eigenvalue weighted by Gasteiger charge is -2.11. The Bertz CT molecular complexity index is 1150. The summed E-state index contributed by atoms with van der Waals surface area (Å²) in [4.78, 5) is 8.88. The highest BCUT2D eigenvalue weighted by molar-refractivity contribution is 7.89. The van der Waals surface area contributed by atoms with E-state index in [1.165, 1.54) is 18.4 Å². The van der Waals surface area contributed by atoms with E-state index in [1.807, 2.05) is 30.3 Å². The van der Waals surface area contributed by atoms with Gasteiger partial charge in [-0.3, -0.25) is 0 Å². The highest BCUT2D eigenvalue weighted by Crippen LogP contribution is 2.33. The second-order valence-corrected chi connectivity index (χ2v) is 9.93. The molecule has 158 valence electrons. The minimum Gasteiger partial charge on any atom is -0.368 e. The van der Waals surface area contributed by atoms with Gasteiger partial charge in [0.15, 0.2) is 0 Å². The lowest BCUT2D eigenvalue weighted by Crippen LogP contribution is -2.22. The maximum absolute atomic E-state index is 12.2. The molecule has 30 heavy (non-hydrogen) atoms. The van der Waals surface area contributed by atoms with Gasteiger partial charge in [0, 0.05) is 25.4 Å². The Balaban J connectivity index is 1.70. The fourth-order valence-corrected chi connectivity index (χ4v) is 4.30. The van der Waals surface area contributed by atoms with E-state index in [4.69, 9.17) is 28.9 Å². The largest absolute Gasteiger partial charge is 0.368 e. The zero-order valence-corrected chi connectivity index (χ0v) is 19.0. The van der Waals surface area contributed by atoms with Crippen molar-refractivity contribution in [3.8, 4) is 11.3 Å². The van der Waals surface area contributed by atoms with E-state index < -0.39 is 10.0 Å². The average molecular weight is 465 g/mol. The van der Waals surface area contributed by atoms with Crippen LogP contribution in [0.5, 0.6) is 0 Å². The SMILES string of the molecule is CN(C)S(=O)(=O)c1ccc(CCCc2cc(-c3cccc(Cl)c3Cl)nc(N)n2)cc1. The zero-order chi connectivity index (χ0) is 21.9. The molecule has 2 aromatic carbocycles. The van der Waals surface area contributed by atoms with Gasteiger partial charge in [0.2, 0.25) is 16.0 Å². The lowest BCUT2D eigenvalue weighted by molar-refractivity contribution is 0.520. The molecule has 0 radical (unpaired) electrons.